The Bertz CT molecular complexity index is 630. The van der Waals surface area contributed by atoms with Gasteiger partial charge in [0.25, 0.3) is 11.6 Å². The molecule has 0 fully saturated rings. The molecule has 0 unspecified atom stereocenters. The molecule has 1 aromatic carbocycles. The molecule has 5 nitrogen and oxygen atoms in total. The standard InChI is InChI=1S/C10H4ClF7N2O3/c11-5-3-4(20(22)23)1-2-6(5)19-7(21)8(12,9(13,14)15)10(16,17)18/h1-3H,(H,19,21). The minimum absolute atomic E-state index is 0.554. The van der Waals surface area contributed by atoms with Crippen LogP contribution in [0.1, 0.15) is 0 Å². The molecular weight excluding hydrogens is 365 g/mol. The number of anilines is 1. The number of carbonyl (C=O) groups excluding carboxylic acids is 1. The van der Waals surface area contributed by atoms with E-state index in [1.807, 2.05) is 0 Å². The van der Waals surface area contributed by atoms with E-state index >= 15 is 0 Å². The van der Waals surface area contributed by atoms with Gasteiger partial charge < -0.3 is 5.32 Å². The topological polar surface area (TPSA) is 72.2 Å². The minimum Gasteiger partial charge on any atom is -0.321 e. The molecule has 1 rings (SSSR count). The van der Waals surface area contributed by atoms with Crippen molar-refractivity contribution in [2.75, 3.05) is 5.32 Å². The SMILES string of the molecule is O=C(Nc1ccc([N+](=O)[O-])cc1Cl)C(F)(C(F)(F)F)C(F)(F)F. The molecule has 0 bridgehead atoms. The first kappa shape index (κ1) is 18.9. The third-order valence-corrected chi connectivity index (χ3v) is 2.82. The third-order valence-electron chi connectivity index (χ3n) is 2.51. The molecule has 1 N–H and O–H groups in total. The van der Waals surface area contributed by atoms with Crippen LogP contribution in [0.15, 0.2) is 18.2 Å². The summed E-state index contributed by atoms with van der Waals surface area (Å²) in [5.74, 6) is -3.08. The molecule has 0 heterocycles. The Kier molecular flexibility index (Phi) is 4.80. The number of carbonyl (C=O) groups is 1. The van der Waals surface area contributed by atoms with Gasteiger partial charge in [-0.05, 0) is 6.07 Å². The number of hydrogen-bond donors (Lipinski definition) is 1. The fourth-order valence-corrected chi connectivity index (χ4v) is 1.57. The Balaban J connectivity index is 3.22. The summed E-state index contributed by atoms with van der Waals surface area (Å²) in [5, 5.41) is 10.7. The number of nitro benzene ring substituents is 1. The van der Waals surface area contributed by atoms with Gasteiger partial charge in [-0.25, -0.2) is 4.39 Å². The van der Waals surface area contributed by atoms with Gasteiger partial charge in [0.1, 0.15) is 0 Å². The molecule has 0 aliphatic carbocycles. The highest BCUT2D eigenvalue weighted by Crippen LogP contribution is 2.47. The minimum atomic E-state index is -6.58. The number of non-ortho nitro benzene ring substituents is 1. The second-order valence-electron chi connectivity index (χ2n) is 4.03. The van der Waals surface area contributed by atoms with Crippen molar-refractivity contribution in [2.45, 2.75) is 18.0 Å². The summed E-state index contributed by atoms with van der Waals surface area (Å²) in [7, 11) is 0. The maximum atomic E-state index is 13.4. The van der Waals surface area contributed by atoms with Gasteiger partial charge in [-0.15, -0.1) is 0 Å². The van der Waals surface area contributed by atoms with Crippen LogP contribution in [-0.4, -0.2) is 28.9 Å². The van der Waals surface area contributed by atoms with E-state index in [1.165, 1.54) is 0 Å². The van der Waals surface area contributed by atoms with Crippen molar-refractivity contribution in [1.29, 1.82) is 0 Å². The molecule has 0 atom stereocenters. The number of nitrogens with one attached hydrogen (secondary N) is 1. The molecule has 0 aromatic heterocycles. The third kappa shape index (κ3) is 3.46. The molecule has 1 amide bonds. The average Bonchev–Trinajstić information content (AvgIpc) is 2.36. The highest BCUT2D eigenvalue weighted by Gasteiger charge is 2.77. The van der Waals surface area contributed by atoms with Crippen LogP contribution in [0.4, 0.5) is 42.1 Å². The molecule has 13 heteroatoms. The number of hydrogen-bond acceptors (Lipinski definition) is 3. The largest absolute Gasteiger partial charge is 0.441 e. The van der Waals surface area contributed by atoms with Crippen LogP contribution in [0.5, 0.6) is 0 Å². The second-order valence-corrected chi connectivity index (χ2v) is 4.44. The lowest BCUT2D eigenvalue weighted by molar-refractivity contribution is -0.384. The Morgan fingerprint density at radius 2 is 1.57 bits per heavy atom. The lowest BCUT2D eigenvalue weighted by Gasteiger charge is -2.28. The molecule has 0 radical (unpaired) electrons. The molecule has 0 saturated heterocycles. The Labute approximate surface area is 127 Å². The Morgan fingerprint density at radius 1 is 1.09 bits per heavy atom. The lowest BCUT2D eigenvalue weighted by Crippen LogP contribution is -2.60. The zero-order valence-corrected chi connectivity index (χ0v) is 11.2. The van der Waals surface area contributed by atoms with Crippen molar-refractivity contribution in [2.24, 2.45) is 0 Å². The normalized spacial score (nSPS) is 12.9. The van der Waals surface area contributed by atoms with E-state index in [9.17, 15) is 45.6 Å². The van der Waals surface area contributed by atoms with Crippen molar-refractivity contribution in [3.63, 3.8) is 0 Å². The van der Waals surface area contributed by atoms with Crippen molar-refractivity contribution in [3.05, 3.63) is 33.3 Å². The molecule has 128 valence electrons. The zero-order chi connectivity index (χ0) is 18.2. The maximum absolute atomic E-state index is 13.4. The molecular formula is C10H4ClF7N2O3. The first-order valence-electron chi connectivity index (χ1n) is 5.29. The van der Waals surface area contributed by atoms with Crippen LogP contribution in [0.25, 0.3) is 0 Å². The fourth-order valence-electron chi connectivity index (χ4n) is 1.35. The van der Waals surface area contributed by atoms with E-state index in [2.05, 4.69) is 0 Å². The molecule has 0 aliphatic rings. The number of rotatable bonds is 3. The summed E-state index contributed by atoms with van der Waals surface area (Å²) in [6.45, 7) is 0. The van der Waals surface area contributed by atoms with E-state index in [0.717, 1.165) is 5.32 Å². The number of amides is 1. The summed E-state index contributed by atoms with van der Waals surface area (Å²) in [6, 6.07) is 1.76. The fraction of sp³-hybridized carbons (Fsp3) is 0.300. The zero-order valence-electron chi connectivity index (χ0n) is 10.4. The number of alkyl halides is 7. The van der Waals surface area contributed by atoms with E-state index in [1.54, 1.807) is 0 Å². The van der Waals surface area contributed by atoms with Gasteiger partial charge in [0.15, 0.2) is 0 Å². The Morgan fingerprint density at radius 3 is 1.91 bits per heavy atom. The second kappa shape index (κ2) is 5.83. The summed E-state index contributed by atoms with van der Waals surface area (Å²) in [4.78, 5) is 20.6. The van der Waals surface area contributed by atoms with Gasteiger partial charge in [-0.2, -0.15) is 26.3 Å². The predicted octanol–water partition coefficient (Wildman–Crippen LogP) is 4.02. The van der Waals surface area contributed by atoms with Crippen LogP contribution < -0.4 is 5.32 Å². The quantitative estimate of drug-likeness (QED) is 0.497. The van der Waals surface area contributed by atoms with Crippen molar-refractivity contribution in [1.82, 2.24) is 0 Å². The summed E-state index contributed by atoms with van der Waals surface area (Å²) >= 11 is 5.39. The first-order chi connectivity index (χ1) is 10.2. The molecule has 0 spiro atoms. The summed E-state index contributed by atoms with van der Waals surface area (Å²) in [6.07, 6.45) is -13.2. The lowest BCUT2D eigenvalue weighted by atomic mass is 10.0. The molecule has 23 heavy (non-hydrogen) atoms. The van der Waals surface area contributed by atoms with Gasteiger partial charge in [0.05, 0.1) is 15.6 Å². The molecule has 1 aromatic rings. The number of nitrogens with zero attached hydrogens (tertiary/aromatic N) is 1. The van der Waals surface area contributed by atoms with Crippen LogP contribution in [-0.2, 0) is 4.79 Å². The molecule has 0 saturated carbocycles. The summed E-state index contributed by atoms with van der Waals surface area (Å²) in [5.41, 5.74) is -7.69. The van der Waals surface area contributed by atoms with E-state index in [0.29, 0.717) is 18.2 Å². The highest BCUT2D eigenvalue weighted by molar-refractivity contribution is 6.34. The molecule has 0 aliphatic heterocycles. The highest BCUT2D eigenvalue weighted by atomic mass is 35.5. The van der Waals surface area contributed by atoms with Gasteiger partial charge in [-0.3, -0.25) is 14.9 Å². The first-order valence-corrected chi connectivity index (χ1v) is 5.67. The average molecular weight is 369 g/mol. The predicted molar refractivity (Wildman–Crippen MR) is 62.7 cm³/mol. The summed E-state index contributed by atoms with van der Waals surface area (Å²) < 4.78 is 87.5. The van der Waals surface area contributed by atoms with E-state index in [4.69, 9.17) is 11.6 Å². The maximum Gasteiger partial charge on any atom is 0.441 e. The van der Waals surface area contributed by atoms with Crippen LogP contribution >= 0.6 is 11.6 Å². The van der Waals surface area contributed by atoms with Gasteiger partial charge in [0.2, 0.25) is 0 Å². The van der Waals surface area contributed by atoms with Crippen molar-refractivity contribution >= 4 is 28.9 Å². The van der Waals surface area contributed by atoms with Gasteiger partial charge in [-0.1, -0.05) is 11.6 Å². The number of halogens is 8. The number of benzene rings is 1. The Hall–Kier alpha value is -2.11. The van der Waals surface area contributed by atoms with Crippen molar-refractivity contribution < 1.29 is 40.5 Å². The van der Waals surface area contributed by atoms with Crippen LogP contribution in [0.2, 0.25) is 5.02 Å². The van der Waals surface area contributed by atoms with E-state index < -0.39 is 45.2 Å². The van der Waals surface area contributed by atoms with Gasteiger partial charge in [0, 0.05) is 12.1 Å². The van der Waals surface area contributed by atoms with E-state index in [-0.39, 0.29) is 0 Å². The smallest absolute Gasteiger partial charge is 0.321 e. The number of nitro groups is 1. The van der Waals surface area contributed by atoms with Crippen molar-refractivity contribution in [3.8, 4) is 0 Å². The van der Waals surface area contributed by atoms with Crippen LogP contribution in [0, 0.1) is 10.1 Å². The monoisotopic (exact) mass is 368 g/mol. The van der Waals surface area contributed by atoms with Gasteiger partial charge >= 0.3 is 18.0 Å². The van der Waals surface area contributed by atoms with Crippen LogP contribution in [0.3, 0.4) is 0 Å².